The maximum absolute atomic E-state index is 10.4. The van der Waals surface area contributed by atoms with Gasteiger partial charge in [-0.15, -0.1) is 0 Å². The molecule has 0 saturated heterocycles. The summed E-state index contributed by atoms with van der Waals surface area (Å²) in [6, 6.07) is 0. The molecule has 1 aliphatic carbocycles. The van der Waals surface area contributed by atoms with Crippen LogP contribution in [0.2, 0.25) is 0 Å². The van der Waals surface area contributed by atoms with Gasteiger partial charge in [-0.2, -0.15) is 0 Å². The molecule has 0 aromatic heterocycles. The van der Waals surface area contributed by atoms with Gasteiger partial charge in [-0.05, 0) is 19.3 Å². The number of allylic oxidation sites excluding steroid dienone is 4. The van der Waals surface area contributed by atoms with Gasteiger partial charge in [-0.25, -0.2) is 0 Å². The molecule has 11 heavy (non-hydrogen) atoms. The second-order valence-corrected chi connectivity index (χ2v) is 2.73. The Balaban J connectivity index is 0.00000121. The zero-order valence-electron chi connectivity index (χ0n) is 6.55. The number of carbonyl (C=O) groups excluding carboxylic acids is 1. The highest BCUT2D eigenvalue weighted by Gasteiger charge is 1.99. The normalized spacial score (nSPS) is 16.2. The second kappa shape index (κ2) is 3.96. The summed E-state index contributed by atoms with van der Waals surface area (Å²) in [4.78, 5) is 10.4. The van der Waals surface area contributed by atoms with Crippen molar-refractivity contribution in [1.82, 2.24) is 0 Å². The van der Waals surface area contributed by atoms with Crippen molar-refractivity contribution in [3.63, 3.8) is 0 Å². The molecule has 1 aliphatic rings. The lowest BCUT2D eigenvalue weighted by molar-refractivity contribution is -0.117. The number of rotatable bonds is 3. The third kappa shape index (κ3) is 3.03. The Morgan fingerprint density at radius 2 is 2.45 bits per heavy atom. The maximum atomic E-state index is 10.4. The van der Waals surface area contributed by atoms with Crippen molar-refractivity contribution in [2.75, 3.05) is 0 Å². The van der Waals surface area contributed by atoms with Crippen LogP contribution in [0.15, 0.2) is 23.8 Å². The van der Waals surface area contributed by atoms with Crippen molar-refractivity contribution in [2.24, 2.45) is 5.73 Å². The number of primary amides is 1. The summed E-state index contributed by atoms with van der Waals surface area (Å²) >= 11 is 0. The zero-order valence-corrected chi connectivity index (χ0v) is 6.55. The van der Waals surface area contributed by atoms with Crippen LogP contribution < -0.4 is 5.73 Å². The van der Waals surface area contributed by atoms with Crippen LogP contribution in [0.3, 0.4) is 0 Å². The summed E-state index contributed by atoms with van der Waals surface area (Å²) in [6.45, 7) is 0. The van der Waals surface area contributed by atoms with Crippen LogP contribution in [0.4, 0.5) is 0 Å². The highest BCUT2D eigenvalue weighted by atomic mass is 16.1. The highest BCUT2D eigenvalue weighted by Crippen LogP contribution is 2.13. The van der Waals surface area contributed by atoms with Crippen molar-refractivity contribution < 1.29 is 6.22 Å². The van der Waals surface area contributed by atoms with Gasteiger partial charge in [0.2, 0.25) is 5.91 Å². The monoisotopic (exact) mass is 153 g/mol. The van der Waals surface area contributed by atoms with Crippen molar-refractivity contribution in [1.29, 1.82) is 0 Å². The Labute approximate surface area is 68.3 Å². The first-order valence-corrected chi connectivity index (χ1v) is 3.93. The SMILES string of the molecule is NC(=O)CCC1=CCCC=C1.[HH]. The van der Waals surface area contributed by atoms with Gasteiger partial charge in [0.1, 0.15) is 0 Å². The summed E-state index contributed by atoms with van der Waals surface area (Å²) in [5, 5.41) is 0. The van der Waals surface area contributed by atoms with Crippen LogP contribution in [0.5, 0.6) is 0 Å². The molecule has 0 aromatic carbocycles. The predicted molar refractivity (Wildman–Crippen MR) is 47.0 cm³/mol. The van der Waals surface area contributed by atoms with Crippen molar-refractivity contribution >= 4 is 5.91 Å². The molecule has 1 amide bonds. The first-order valence-electron chi connectivity index (χ1n) is 3.93. The van der Waals surface area contributed by atoms with Gasteiger partial charge in [-0.3, -0.25) is 4.79 Å². The molecular weight excluding hydrogens is 138 g/mol. The molecule has 0 unspecified atom stereocenters. The average molecular weight is 153 g/mol. The topological polar surface area (TPSA) is 43.1 Å². The minimum absolute atomic E-state index is 0. The Morgan fingerprint density at radius 1 is 1.64 bits per heavy atom. The van der Waals surface area contributed by atoms with E-state index in [-0.39, 0.29) is 7.33 Å². The van der Waals surface area contributed by atoms with Gasteiger partial charge >= 0.3 is 0 Å². The Kier molecular flexibility index (Phi) is 2.90. The highest BCUT2D eigenvalue weighted by molar-refractivity contribution is 5.74. The molecule has 0 saturated carbocycles. The molecule has 0 heterocycles. The summed E-state index contributed by atoms with van der Waals surface area (Å²) < 4.78 is 0. The molecule has 0 aromatic rings. The van der Waals surface area contributed by atoms with E-state index in [1.54, 1.807) is 0 Å². The number of nitrogens with two attached hydrogens (primary N) is 1. The van der Waals surface area contributed by atoms with E-state index in [4.69, 9.17) is 5.73 Å². The Bertz CT molecular complexity index is 209. The maximum Gasteiger partial charge on any atom is 0.217 e. The standard InChI is InChI=1S/C9H13NO.H2/c10-9(11)7-6-8-4-2-1-3-5-8;/h2,4-5H,1,3,6-7H2,(H2,10,11);1H. The Morgan fingerprint density at radius 3 is 3.00 bits per heavy atom. The lowest BCUT2D eigenvalue weighted by Gasteiger charge is -2.04. The molecule has 0 spiro atoms. The molecule has 1 rings (SSSR count). The molecule has 62 valence electrons. The van der Waals surface area contributed by atoms with Crippen LogP contribution in [-0.4, -0.2) is 5.91 Å². The third-order valence-electron chi connectivity index (χ3n) is 1.73. The van der Waals surface area contributed by atoms with E-state index in [9.17, 15) is 4.79 Å². The average Bonchev–Trinajstić information content (AvgIpc) is 2.03. The lowest BCUT2D eigenvalue weighted by atomic mass is 10.0. The van der Waals surface area contributed by atoms with Crippen molar-refractivity contribution in [3.8, 4) is 0 Å². The molecule has 2 heteroatoms. The molecular formula is C9H15NO. The number of carbonyl (C=O) groups is 1. The fraction of sp³-hybridized carbons (Fsp3) is 0.444. The first kappa shape index (κ1) is 8.05. The van der Waals surface area contributed by atoms with E-state index in [1.165, 1.54) is 5.57 Å². The Hall–Kier alpha value is -1.05. The summed E-state index contributed by atoms with van der Waals surface area (Å²) in [6.07, 6.45) is 9.87. The number of hydrogen-bond donors (Lipinski definition) is 1. The van der Waals surface area contributed by atoms with Crippen LogP contribution >= 0.6 is 0 Å². The molecule has 0 aliphatic heterocycles. The minimum Gasteiger partial charge on any atom is -0.370 e. The van der Waals surface area contributed by atoms with Crippen LogP contribution in [0.1, 0.15) is 27.1 Å². The molecule has 0 fully saturated rings. The van der Waals surface area contributed by atoms with E-state index in [0.29, 0.717) is 6.42 Å². The van der Waals surface area contributed by atoms with E-state index < -0.39 is 0 Å². The van der Waals surface area contributed by atoms with Crippen LogP contribution in [0.25, 0.3) is 0 Å². The van der Waals surface area contributed by atoms with Gasteiger partial charge < -0.3 is 5.73 Å². The van der Waals surface area contributed by atoms with Crippen LogP contribution in [0, 0.1) is 0 Å². The molecule has 2 N–H and O–H groups in total. The van der Waals surface area contributed by atoms with Gasteiger partial charge in [0, 0.05) is 7.85 Å². The summed E-state index contributed by atoms with van der Waals surface area (Å²) in [7, 11) is 0. The smallest absolute Gasteiger partial charge is 0.217 e. The second-order valence-electron chi connectivity index (χ2n) is 2.73. The lowest BCUT2D eigenvalue weighted by Crippen LogP contribution is -2.10. The summed E-state index contributed by atoms with van der Waals surface area (Å²) in [5.41, 5.74) is 6.26. The fourth-order valence-corrected chi connectivity index (χ4v) is 1.12. The first-order chi connectivity index (χ1) is 5.29. The van der Waals surface area contributed by atoms with Gasteiger partial charge in [0.05, 0.1) is 0 Å². The van der Waals surface area contributed by atoms with Crippen molar-refractivity contribution in [2.45, 2.75) is 25.7 Å². The zero-order chi connectivity index (χ0) is 8.10. The third-order valence-corrected chi connectivity index (χ3v) is 1.73. The predicted octanol–water partition coefficient (Wildman–Crippen LogP) is 1.77. The number of hydrogen-bond acceptors (Lipinski definition) is 1. The van der Waals surface area contributed by atoms with Crippen molar-refractivity contribution in [3.05, 3.63) is 23.8 Å². The fourth-order valence-electron chi connectivity index (χ4n) is 1.12. The molecule has 2 nitrogen and oxygen atoms in total. The summed E-state index contributed by atoms with van der Waals surface area (Å²) in [5.74, 6) is -0.218. The van der Waals surface area contributed by atoms with Crippen LogP contribution in [-0.2, 0) is 4.79 Å². The largest absolute Gasteiger partial charge is 0.370 e. The molecule has 0 atom stereocenters. The van der Waals surface area contributed by atoms with Gasteiger partial charge in [0.15, 0.2) is 0 Å². The van der Waals surface area contributed by atoms with Gasteiger partial charge in [-0.1, -0.05) is 23.8 Å². The van der Waals surface area contributed by atoms with E-state index >= 15 is 0 Å². The molecule has 0 radical (unpaired) electrons. The molecule has 0 bridgehead atoms. The van der Waals surface area contributed by atoms with Gasteiger partial charge in [0.25, 0.3) is 0 Å². The number of amides is 1. The van der Waals surface area contributed by atoms with E-state index in [2.05, 4.69) is 18.2 Å². The van der Waals surface area contributed by atoms with E-state index in [0.717, 1.165) is 19.3 Å². The van der Waals surface area contributed by atoms with E-state index in [1.807, 2.05) is 0 Å². The minimum atomic E-state index is -0.218. The quantitative estimate of drug-likeness (QED) is 0.659.